The van der Waals surface area contributed by atoms with Gasteiger partial charge in [-0.05, 0) is 30.5 Å². The predicted octanol–water partition coefficient (Wildman–Crippen LogP) is 3.69. The topological polar surface area (TPSA) is 37.0 Å². The van der Waals surface area contributed by atoms with Crippen LogP contribution in [0.5, 0.6) is 0 Å². The van der Waals surface area contributed by atoms with E-state index in [4.69, 9.17) is 4.84 Å². The van der Waals surface area contributed by atoms with Crippen molar-refractivity contribution in [2.75, 3.05) is 12.1 Å². The van der Waals surface area contributed by atoms with Crippen LogP contribution in [0.3, 0.4) is 0 Å². The van der Waals surface area contributed by atoms with Crippen LogP contribution in [0.2, 0.25) is 0 Å². The fourth-order valence-electron chi connectivity index (χ4n) is 1.27. The van der Waals surface area contributed by atoms with Crippen LogP contribution in [0.4, 0.5) is 5.69 Å². The van der Waals surface area contributed by atoms with E-state index in [0.717, 1.165) is 11.2 Å². The molecule has 5 heteroatoms. The number of hydrogen-bond donors (Lipinski definition) is 2. The number of hydrogen-bond acceptors (Lipinski definition) is 2. The van der Waals surface area contributed by atoms with Crippen LogP contribution >= 0.6 is 34.0 Å². The molecule has 0 saturated carbocycles. The summed E-state index contributed by atoms with van der Waals surface area (Å²) in [6.45, 7) is 2.60. The van der Waals surface area contributed by atoms with Crippen molar-refractivity contribution in [3.8, 4) is 0 Å². The molecular formula is C10H14Br2N2O. The molecule has 1 heterocycles. The average molecular weight is 338 g/mol. The summed E-state index contributed by atoms with van der Waals surface area (Å²) in [5.41, 5.74) is 4.94. The van der Waals surface area contributed by atoms with E-state index < -0.39 is 0 Å². The summed E-state index contributed by atoms with van der Waals surface area (Å²) in [4.78, 5) is 8.22. The summed E-state index contributed by atoms with van der Waals surface area (Å²) in [6.07, 6.45) is 1.93. The fraction of sp³-hybridized carbons (Fsp3) is 0.200. The highest BCUT2D eigenvalue weighted by molar-refractivity contribution is 8.93. The number of H-pyrrole nitrogens is 1. The van der Waals surface area contributed by atoms with E-state index >= 15 is 0 Å². The molecule has 0 aliphatic heterocycles. The van der Waals surface area contributed by atoms with Gasteiger partial charge in [0.05, 0.1) is 12.3 Å². The first-order valence-corrected chi connectivity index (χ1v) is 4.35. The molecule has 1 aromatic heterocycles. The summed E-state index contributed by atoms with van der Waals surface area (Å²) in [5.74, 6) is 0. The first-order valence-electron chi connectivity index (χ1n) is 4.35. The van der Waals surface area contributed by atoms with Crippen LogP contribution in [0.15, 0.2) is 30.5 Å². The number of halogens is 2. The number of anilines is 1. The maximum Gasteiger partial charge on any atom is 0.0717 e. The van der Waals surface area contributed by atoms with E-state index in [1.54, 1.807) is 0 Å². The molecule has 0 aliphatic rings. The van der Waals surface area contributed by atoms with Crippen molar-refractivity contribution in [1.82, 2.24) is 4.98 Å². The highest BCUT2D eigenvalue weighted by atomic mass is 79.9. The molecule has 0 fully saturated rings. The number of benzene rings is 1. The van der Waals surface area contributed by atoms with Crippen molar-refractivity contribution >= 4 is 50.6 Å². The average Bonchev–Trinajstić information content (AvgIpc) is 2.61. The molecule has 15 heavy (non-hydrogen) atoms. The van der Waals surface area contributed by atoms with Crippen molar-refractivity contribution in [2.45, 2.75) is 6.92 Å². The van der Waals surface area contributed by atoms with E-state index in [-0.39, 0.29) is 34.0 Å². The van der Waals surface area contributed by atoms with Gasteiger partial charge in [0.1, 0.15) is 0 Å². The third kappa shape index (κ3) is 3.52. The highest BCUT2D eigenvalue weighted by Gasteiger charge is 1.95. The largest absolute Gasteiger partial charge is 0.361 e. The Morgan fingerprint density at radius 1 is 1.27 bits per heavy atom. The molecule has 0 amide bonds. The van der Waals surface area contributed by atoms with E-state index in [2.05, 4.69) is 10.5 Å². The SMILES string of the molecule is Br.Br.CCONc1ccc2cc[nH]c2c1. The second-order valence-corrected chi connectivity index (χ2v) is 2.81. The number of aromatic nitrogens is 1. The molecule has 0 aliphatic carbocycles. The highest BCUT2D eigenvalue weighted by Crippen LogP contribution is 2.17. The standard InChI is InChI=1S/C10H12N2O.2BrH/c1-2-13-12-9-4-3-8-5-6-11-10(8)7-9;;/h3-7,11-12H,2H2,1H3;2*1H. The lowest BCUT2D eigenvalue weighted by molar-refractivity contribution is 0.210. The van der Waals surface area contributed by atoms with Crippen molar-refractivity contribution in [2.24, 2.45) is 0 Å². The molecule has 2 aromatic rings. The van der Waals surface area contributed by atoms with Crippen molar-refractivity contribution < 1.29 is 4.84 Å². The summed E-state index contributed by atoms with van der Waals surface area (Å²) in [5, 5.41) is 1.21. The minimum Gasteiger partial charge on any atom is -0.361 e. The third-order valence-electron chi connectivity index (χ3n) is 1.89. The quantitative estimate of drug-likeness (QED) is 0.838. The lowest BCUT2D eigenvalue weighted by Gasteiger charge is -2.04. The van der Waals surface area contributed by atoms with Crippen LogP contribution in [-0.2, 0) is 4.84 Å². The minimum atomic E-state index is 0. The van der Waals surface area contributed by atoms with E-state index in [9.17, 15) is 0 Å². The Balaban J connectivity index is 0.000000980. The lowest BCUT2D eigenvalue weighted by atomic mass is 10.2. The summed E-state index contributed by atoms with van der Waals surface area (Å²) < 4.78 is 0. The van der Waals surface area contributed by atoms with E-state index in [0.29, 0.717) is 6.61 Å². The number of rotatable bonds is 3. The van der Waals surface area contributed by atoms with Crippen LogP contribution in [0.1, 0.15) is 6.92 Å². The van der Waals surface area contributed by atoms with Crippen LogP contribution in [-0.4, -0.2) is 11.6 Å². The van der Waals surface area contributed by atoms with Gasteiger partial charge in [-0.2, -0.15) is 0 Å². The van der Waals surface area contributed by atoms with Crippen LogP contribution < -0.4 is 5.48 Å². The molecule has 3 nitrogen and oxygen atoms in total. The van der Waals surface area contributed by atoms with E-state index in [1.807, 2.05) is 37.4 Å². The number of aromatic amines is 1. The van der Waals surface area contributed by atoms with Gasteiger partial charge in [-0.25, -0.2) is 0 Å². The molecule has 2 rings (SSSR count). The Hall–Kier alpha value is -0.520. The summed E-state index contributed by atoms with van der Waals surface area (Å²) in [7, 11) is 0. The Labute approximate surface area is 110 Å². The maximum atomic E-state index is 5.08. The van der Waals surface area contributed by atoms with E-state index in [1.165, 1.54) is 5.39 Å². The van der Waals surface area contributed by atoms with Crippen molar-refractivity contribution in [3.05, 3.63) is 30.5 Å². The Kier molecular flexibility index (Phi) is 6.63. The molecule has 0 saturated heterocycles. The van der Waals surface area contributed by atoms with Gasteiger partial charge < -0.3 is 4.98 Å². The molecule has 84 valence electrons. The van der Waals surface area contributed by atoms with Crippen molar-refractivity contribution in [3.63, 3.8) is 0 Å². The van der Waals surface area contributed by atoms with Crippen molar-refractivity contribution in [1.29, 1.82) is 0 Å². The molecular weight excluding hydrogens is 324 g/mol. The fourth-order valence-corrected chi connectivity index (χ4v) is 1.27. The normalized spacial score (nSPS) is 9.13. The smallest absolute Gasteiger partial charge is 0.0717 e. The van der Waals surface area contributed by atoms with Gasteiger partial charge in [-0.1, -0.05) is 6.07 Å². The molecule has 1 aromatic carbocycles. The molecule has 0 radical (unpaired) electrons. The molecule has 0 unspecified atom stereocenters. The first kappa shape index (κ1) is 14.5. The second kappa shape index (κ2) is 6.87. The number of nitrogens with one attached hydrogen (secondary N) is 2. The third-order valence-corrected chi connectivity index (χ3v) is 1.89. The molecule has 2 N–H and O–H groups in total. The Morgan fingerprint density at radius 3 is 2.80 bits per heavy atom. The Bertz CT molecular complexity index is 403. The van der Waals surface area contributed by atoms with Gasteiger partial charge in [0.15, 0.2) is 0 Å². The summed E-state index contributed by atoms with van der Waals surface area (Å²) >= 11 is 0. The van der Waals surface area contributed by atoms with Crippen LogP contribution in [0, 0.1) is 0 Å². The molecule has 0 atom stereocenters. The predicted molar refractivity (Wildman–Crippen MR) is 74.2 cm³/mol. The molecule has 0 spiro atoms. The van der Waals surface area contributed by atoms with Gasteiger partial charge in [-0.3, -0.25) is 10.3 Å². The van der Waals surface area contributed by atoms with Gasteiger partial charge >= 0.3 is 0 Å². The zero-order chi connectivity index (χ0) is 9.10. The van der Waals surface area contributed by atoms with Gasteiger partial charge in [-0.15, -0.1) is 34.0 Å². The first-order chi connectivity index (χ1) is 6.40. The van der Waals surface area contributed by atoms with Gasteiger partial charge in [0.2, 0.25) is 0 Å². The zero-order valence-corrected chi connectivity index (χ0v) is 11.7. The minimum absolute atomic E-state index is 0. The summed E-state index contributed by atoms with van der Waals surface area (Å²) in [6, 6.07) is 8.10. The lowest BCUT2D eigenvalue weighted by Crippen LogP contribution is -1.99. The van der Waals surface area contributed by atoms with Crippen LogP contribution in [0.25, 0.3) is 10.9 Å². The second-order valence-electron chi connectivity index (χ2n) is 2.81. The maximum absolute atomic E-state index is 5.08. The number of fused-ring (bicyclic) bond motifs is 1. The van der Waals surface area contributed by atoms with Gasteiger partial charge in [0.25, 0.3) is 0 Å². The zero-order valence-electron chi connectivity index (χ0n) is 8.32. The Morgan fingerprint density at radius 2 is 2.07 bits per heavy atom. The molecule has 0 bridgehead atoms. The monoisotopic (exact) mass is 336 g/mol. The van der Waals surface area contributed by atoms with Gasteiger partial charge in [0, 0.05) is 11.7 Å².